The Hall–Kier alpha value is -0.570. The Morgan fingerprint density at radius 1 is 1.25 bits per heavy atom. The van der Waals surface area contributed by atoms with Crippen molar-refractivity contribution >= 4 is 5.97 Å². The quantitative estimate of drug-likeness (QED) is 0.682. The number of carboxylic acids is 1. The molecule has 0 fully saturated rings. The van der Waals surface area contributed by atoms with Gasteiger partial charge in [-0.25, -0.2) is 0 Å². The molecule has 3 heteroatoms. The third-order valence-electron chi connectivity index (χ3n) is 3.44. The summed E-state index contributed by atoms with van der Waals surface area (Å²) in [6, 6.07) is 0. The van der Waals surface area contributed by atoms with E-state index in [4.69, 9.17) is 4.74 Å². The molecule has 0 aromatic rings. The number of methoxy groups -OCH3 is 1. The second-order valence-electron chi connectivity index (χ2n) is 5.53. The second-order valence-corrected chi connectivity index (χ2v) is 5.53. The van der Waals surface area contributed by atoms with Gasteiger partial charge in [0, 0.05) is 7.11 Å². The smallest absolute Gasteiger partial charge is 0.312 e. The van der Waals surface area contributed by atoms with E-state index in [2.05, 4.69) is 6.92 Å². The van der Waals surface area contributed by atoms with Crippen LogP contribution in [0.15, 0.2) is 0 Å². The number of carbonyl (C=O) groups is 1. The first kappa shape index (κ1) is 15.4. The summed E-state index contributed by atoms with van der Waals surface area (Å²) in [6.45, 7) is 8.34. The van der Waals surface area contributed by atoms with Gasteiger partial charge >= 0.3 is 5.97 Å². The van der Waals surface area contributed by atoms with Crippen LogP contribution in [0.25, 0.3) is 0 Å². The Kier molecular flexibility index (Phi) is 6.01. The Bertz CT molecular complexity index is 218. The highest BCUT2D eigenvalue weighted by Gasteiger charge is 2.48. The van der Waals surface area contributed by atoms with Crippen molar-refractivity contribution in [3.05, 3.63) is 0 Å². The number of carboxylic acid groups (broad SMARTS) is 1. The molecule has 0 amide bonds. The molecule has 0 aliphatic carbocycles. The van der Waals surface area contributed by atoms with Gasteiger partial charge in [0.25, 0.3) is 0 Å². The maximum Gasteiger partial charge on any atom is 0.312 e. The molecular weight excluding hydrogens is 204 g/mol. The van der Waals surface area contributed by atoms with Crippen LogP contribution in [-0.4, -0.2) is 24.8 Å². The number of unbranched alkanes of at least 4 members (excludes halogenated alkanes) is 2. The van der Waals surface area contributed by atoms with Gasteiger partial charge in [-0.15, -0.1) is 0 Å². The van der Waals surface area contributed by atoms with Gasteiger partial charge in [0.15, 0.2) is 0 Å². The lowest BCUT2D eigenvalue weighted by Crippen LogP contribution is -2.46. The molecule has 0 aliphatic rings. The van der Waals surface area contributed by atoms with E-state index in [-0.39, 0.29) is 12.0 Å². The van der Waals surface area contributed by atoms with E-state index in [9.17, 15) is 9.90 Å². The number of ether oxygens (including phenoxy) is 1. The van der Waals surface area contributed by atoms with Crippen molar-refractivity contribution in [1.82, 2.24) is 0 Å². The predicted molar refractivity (Wildman–Crippen MR) is 65.5 cm³/mol. The van der Waals surface area contributed by atoms with Gasteiger partial charge in [-0.3, -0.25) is 4.79 Å². The summed E-state index contributed by atoms with van der Waals surface area (Å²) in [5, 5.41) is 9.51. The van der Waals surface area contributed by atoms with Crippen LogP contribution >= 0.6 is 0 Å². The molecule has 0 aliphatic heterocycles. The van der Waals surface area contributed by atoms with E-state index in [1.54, 1.807) is 7.11 Å². The predicted octanol–water partition coefficient (Wildman–Crippen LogP) is 3.33. The van der Waals surface area contributed by atoms with Crippen LogP contribution < -0.4 is 0 Å². The van der Waals surface area contributed by atoms with E-state index in [1.807, 2.05) is 20.8 Å². The van der Waals surface area contributed by atoms with Crippen LogP contribution in [0.4, 0.5) is 0 Å². The van der Waals surface area contributed by atoms with E-state index in [0.29, 0.717) is 6.42 Å². The van der Waals surface area contributed by atoms with Crippen molar-refractivity contribution in [2.45, 2.75) is 53.4 Å². The zero-order valence-electron chi connectivity index (χ0n) is 11.3. The third kappa shape index (κ3) is 3.48. The molecular formula is C13H26O3. The molecule has 1 N–H and O–H groups in total. The average Bonchev–Trinajstić information content (AvgIpc) is 2.14. The van der Waals surface area contributed by atoms with Crippen molar-refractivity contribution in [3.63, 3.8) is 0 Å². The largest absolute Gasteiger partial charge is 0.481 e. The second kappa shape index (κ2) is 6.24. The first-order chi connectivity index (χ1) is 7.31. The van der Waals surface area contributed by atoms with Gasteiger partial charge in [0.2, 0.25) is 0 Å². The molecule has 96 valence electrons. The fourth-order valence-corrected chi connectivity index (χ4v) is 2.08. The Morgan fingerprint density at radius 3 is 2.12 bits per heavy atom. The molecule has 0 saturated carbocycles. The highest BCUT2D eigenvalue weighted by molar-refractivity contribution is 5.75. The molecule has 1 atom stereocenters. The molecule has 0 radical (unpaired) electrons. The van der Waals surface area contributed by atoms with Crippen LogP contribution in [0.3, 0.4) is 0 Å². The highest BCUT2D eigenvalue weighted by Crippen LogP contribution is 2.43. The minimum Gasteiger partial charge on any atom is -0.481 e. The third-order valence-corrected chi connectivity index (χ3v) is 3.44. The molecule has 3 nitrogen and oxygen atoms in total. The average molecular weight is 230 g/mol. The maximum atomic E-state index is 11.6. The van der Waals surface area contributed by atoms with E-state index >= 15 is 0 Å². The van der Waals surface area contributed by atoms with Crippen LogP contribution in [0.1, 0.15) is 53.4 Å². The number of hydrogen-bond acceptors (Lipinski definition) is 2. The van der Waals surface area contributed by atoms with E-state index in [0.717, 1.165) is 19.3 Å². The standard InChI is InChI=1S/C13H26O3/c1-6-7-8-9-13(10-16-5,11(14)15)12(2,3)4/h6-10H2,1-5H3,(H,14,15). The summed E-state index contributed by atoms with van der Waals surface area (Å²) in [7, 11) is 1.57. The molecule has 0 heterocycles. The first-order valence-electron chi connectivity index (χ1n) is 6.04. The maximum absolute atomic E-state index is 11.6. The van der Waals surface area contributed by atoms with Gasteiger partial charge in [0.1, 0.15) is 0 Å². The Morgan fingerprint density at radius 2 is 1.81 bits per heavy atom. The van der Waals surface area contributed by atoms with Crippen molar-refractivity contribution in [3.8, 4) is 0 Å². The number of hydrogen-bond donors (Lipinski definition) is 1. The zero-order valence-corrected chi connectivity index (χ0v) is 11.3. The van der Waals surface area contributed by atoms with Gasteiger partial charge in [0.05, 0.1) is 12.0 Å². The molecule has 0 aromatic heterocycles. The molecule has 0 aromatic carbocycles. The lowest BCUT2D eigenvalue weighted by Gasteiger charge is -2.40. The molecule has 0 rings (SSSR count). The normalized spacial score (nSPS) is 15.8. The summed E-state index contributed by atoms with van der Waals surface area (Å²) in [6.07, 6.45) is 3.82. The fourth-order valence-electron chi connectivity index (χ4n) is 2.08. The van der Waals surface area contributed by atoms with Gasteiger partial charge in [-0.2, -0.15) is 0 Å². The minimum atomic E-state index is -0.767. The monoisotopic (exact) mass is 230 g/mol. The molecule has 16 heavy (non-hydrogen) atoms. The fraction of sp³-hybridized carbons (Fsp3) is 0.923. The zero-order chi connectivity index (χ0) is 12.8. The number of aliphatic carboxylic acids is 1. The number of rotatable bonds is 7. The van der Waals surface area contributed by atoms with Crippen molar-refractivity contribution < 1.29 is 14.6 Å². The molecule has 0 bridgehead atoms. The molecule has 1 unspecified atom stereocenters. The van der Waals surface area contributed by atoms with Gasteiger partial charge in [-0.05, 0) is 11.8 Å². The van der Waals surface area contributed by atoms with Crippen molar-refractivity contribution in [2.75, 3.05) is 13.7 Å². The van der Waals surface area contributed by atoms with E-state index in [1.165, 1.54) is 0 Å². The van der Waals surface area contributed by atoms with Crippen molar-refractivity contribution in [2.24, 2.45) is 10.8 Å². The van der Waals surface area contributed by atoms with Crippen LogP contribution in [-0.2, 0) is 9.53 Å². The van der Waals surface area contributed by atoms with Crippen molar-refractivity contribution in [1.29, 1.82) is 0 Å². The topological polar surface area (TPSA) is 46.5 Å². The van der Waals surface area contributed by atoms with Gasteiger partial charge < -0.3 is 9.84 Å². The van der Waals surface area contributed by atoms with Gasteiger partial charge in [-0.1, -0.05) is 47.0 Å². The summed E-state index contributed by atoms with van der Waals surface area (Å²) in [5.41, 5.74) is -1.06. The SMILES string of the molecule is CCCCCC(COC)(C(=O)O)C(C)(C)C. The molecule has 0 saturated heterocycles. The Balaban J connectivity index is 4.88. The first-order valence-corrected chi connectivity index (χ1v) is 6.04. The lowest BCUT2D eigenvalue weighted by atomic mass is 9.64. The highest BCUT2D eigenvalue weighted by atomic mass is 16.5. The lowest BCUT2D eigenvalue weighted by molar-refractivity contribution is -0.162. The minimum absolute atomic E-state index is 0.287. The Labute approximate surface area is 99.2 Å². The van der Waals surface area contributed by atoms with Crippen LogP contribution in [0, 0.1) is 10.8 Å². The summed E-state index contributed by atoms with van der Waals surface area (Å²) in [4.78, 5) is 11.6. The van der Waals surface area contributed by atoms with E-state index < -0.39 is 11.4 Å². The summed E-state index contributed by atoms with van der Waals surface area (Å²) >= 11 is 0. The molecule has 0 spiro atoms. The van der Waals surface area contributed by atoms with Crippen LogP contribution in [0.2, 0.25) is 0 Å². The van der Waals surface area contributed by atoms with Crippen LogP contribution in [0.5, 0.6) is 0 Å². The summed E-state index contributed by atoms with van der Waals surface area (Å²) < 4.78 is 5.15. The summed E-state index contributed by atoms with van der Waals surface area (Å²) in [5.74, 6) is -0.738.